The molecule has 162 valence electrons. The second-order valence-electron chi connectivity index (χ2n) is 7.42. The fourth-order valence-corrected chi connectivity index (χ4v) is 4.82. The summed E-state index contributed by atoms with van der Waals surface area (Å²) in [4.78, 5) is 18.7. The van der Waals surface area contributed by atoms with Gasteiger partial charge in [-0.1, -0.05) is 18.2 Å². The molecule has 0 aliphatic carbocycles. The van der Waals surface area contributed by atoms with E-state index in [0.717, 1.165) is 17.7 Å². The summed E-state index contributed by atoms with van der Waals surface area (Å²) in [5.74, 6) is -0.0983. The van der Waals surface area contributed by atoms with E-state index in [9.17, 15) is 17.6 Å². The van der Waals surface area contributed by atoms with Crippen LogP contribution in [0, 0.1) is 5.82 Å². The maximum Gasteiger partial charge on any atom is 0.240 e. The molecule has 1 amide bonds. The molecule has 0 unspecified atom stereocenters. The van der Waals surface area contributed by atoms with E-state index in [4.69, 9.17) is 4.42 Å². The zero-order valence-corrected chi connectivity index (χ0v) is 17.5. The van der Waals surface area contributed by atoms with E-state index in [0.29, 0.717) is 37.5 Å². The number of likely N-dealkylation sites (tertiary alicyclic amines) is 1. The Kier molecular flexibility index (Phi) is 6.15. The van der Waals surface area contributed by atoms with Gasteiger partial charge in [0.05, 0.1) is 17.0 Å². The summed E-state index contributed by atoms with van der Waals surface area (Å²) in [7, 11) is -3.73. The molecule has 7 nitrogen and oxygen atoms in total. The summed E-state index contributed by atoms with van der Waals surface area (Å²) in [5, 5.41) is 0. The van der Waals surface area contributed by atoms with Gasteiger partial charge in [0, 0.05) is 24.7 Å². The Hall–Kier alpha value is -3.04. The van der Waals surface area contributed by atoms with Crippen molar-refractivity contribution in [2.24, 2.45) is 0 Å². The summed E-state index contributed by atoms with van der Waals surface area (Å²) in [6.45, 7) is 0.887. The lowest BCUT2D eigenvalue weighted by Gasteiger charge is -2.32. The van der Waals surface area contributed by atoms with Crippen molar-refractivity contribution in [2.75, 3.05) is 13.1 Å². The van der Waals surface area contributed by atoms with E-state index in [2.05, 4.69) is 9.71 Å². The molecule has 1 aromatic heterocycles. The third kappa shape index (κ3) is 5.18. The van der Waals surface area contributed by atoms with Crippen molar-refractivity contribution in [3.63, 3.8) is 0 Å². The SMILES string of the molecule is O=C(Cc1coc(-c2ccccc2)n1)N1CCC(NS(=O)(=O)c2ccc(F)cc2)CC1. The van der Waals surface area contributed by atoms with E-state index < -0.39 is 15.8 Å². The van der Waals surface area contributed by atoms with Crippen molar-refractivity contribution in [2.45, 2.75) is 30.2 Å². The number of carbonyl (C=O) groups excluding carboxylic acids is 1. The molecule has 4 rings (SSSR count). The number of hydrogen-bond donors (Lipinski definition) is 1. The molecule has 0 bridgehead atoms. The fourth-order valence-electron chi connectivity index (χ4n) is 3.52. The molecule has 2 aromatic carbocycles. The maximum atomic E-state index is 13.0. The van der Waals surface area contributed by atoms with Crippen molar-refractivity contribution in [3.8, 4) is 11.5 Å². The van der Waals surface area contributed by atoms with Crippen LogP contribution in [0.25, 0.3) is 11.5 Å². The molecule has 0 spiro atoms. The van der Waals surface area contributed by atoms with Crippen LogP contribution in [0.4, 0.5) is 4.39 Å². The van der Waals surface area contributed by atoms with Crippen LogP contribution in [-0.4, -0.2) is 43.3 Å². The maximum absolute atomic E-state index is 13.0. The Labute approximate surface area is 180 Å². The van der Waals surface area contributed by atoms with Crippen molar-refractivity contribution in [1.82, 2.24) is 14.6 Å². The average molecular weight is 444 g/mol. The van der Waals surface area contributed by atoms with Gasteiger partial charge in [0.2, 0.25) is 21.8 Å². The Morgan fingerprint density at radius 2 is 1.77 bits per heavy atom. The number of benzene rings is 2. The van der Waals surface area contributed by atoms with E-state index in [1.165, 1.54) is 18.4 Å². The highest BCUT2D eigenvalue weighted by Gasteiger charge is 2.27. The van der Waals surface area contributed by atoms with Crippen LogP contribution < -0.4 is 4.72 Å². The zero-order chi connectivity index (χ0) is 21.8. The number of hydrogen-bond acceptors (Lipinski definition) is 5. The Morgan fingerprint density at radius 1 is 1.10 bits per heavy atom. The molecule has 9 heteroatoms. The number of rotatable bonds is 6. The van der Waals surface area contributed by atoms with Gasteiger partial charge in [-0.2, -0.15) is 0 Å². The molecule has 0 radical (unpaired) electrons. The molecule has 0 saturated carbocycles. The lowest BCUT2D eigenvalue weighted by atomic mass is 10.1. The van der Waals surface area contributed by atoms with Crippen LogP contribution in [-0.2, 0) is 21.2 Å². The number of nitrogens with one attached hydrogen (secondary N) is 1. The highest BCUT2D eigenvalue weighted by atomic mass is 32.2. The molecule has 1 aliphatic rings. The van der Waals surface area contributed by atoms with Crippen molar-refractivity contribution >= 4 is 15.9 Å². The molecular weight excluding hydrogens is 421 g/mol. The predicted octanol–water partition coefficient (Wildman–Crippen LogP) is 2.99. The normalized spacial score (nSPS) is 15.2. The minimum Gasteiger partial charge on any atom is -0.444 e. The van der Waals surface area contributed by atoms with E-state index in [1.807, 2.05) is 30.3 Å². The number of oxazole rings is 1. The van der Waals surface area contributed by atoms with Gasteiger partial charge in [-0.15, -0.1) is 0 Å². The number of halogens is 1. The van der Waals surface area contributed by atoms with Gasteiger partial charge < -0.3 is 9.32 Å². The number of piperidine rings is 1. The largest absolute Gasteiger partial charge is 0.444 e. The number of carbonyl (C=O) groups is 1. The van der Waals surface area contributed by atoms with Gasteiger partial charge in [0.25, 0.3) is 0 Å². The molecule has 1 saturated heterocycles. The molecule has 0 atom stereocenters. The summed E-state index contributed by atoms with van der Waals surface area (Å²) in [5.41, 5.74) is 1.40. The molecule has 31 heavy (non-hydrogen) atoms. The van der Waals surface area contributed by atoms with Gasteiger partial charge in [-0.05, 0) is 49.2 Å². The van der Waals surface area contributed by atoms with Crippen molar-refractivity contribution in [3.05, 3.63) is 72.4 Å². The first-order valence-electron chi connectivity index (χ1n) is 9.96. The van der Waals surface area contributed by atoms with Crippen LogP contribution in [0.1, 0.15) is 18.5 Å². The first-order valence-corrected chi connectivity index (χ1v) is 11.4. The van der Waals surface area contributed by atoms with Crippen molar-refractivity contribution in [1.29, 1.82) is 0 Å². The van der Waals surface area contributed by atoms with E-state index >= 15 is 0 Å². The highest BCUT2D eigenvalue weighted by Crippen LogP contribution is 2.20. The lowest BCUT2D eigenvalue weighted by Crippen LogP contribution is -2.46. The molecule has 1 aliphatic heterocycles. The van der Waals surface area contributed by atoms with Gasteiger partial charge in [-0.25, -0.2) is 22.5 Å². The zero-order valence-electron chi connectivity index (χ0n) is 16.7. The third-order valence-electron chi connectivity index (χ3n) is 5.20. The summed E-state index contributed by atoms with van der Waals surface area (Å²) in [6, 6.07) is 13.9. The number of aromatic nitrogens is 1. The Balaban J connectivity index is 1.30. The van der Waals surface area contributed by atoms with Gasteiger partial charge >= 0.3 is 0 Å². The number of amides is 1. The van der Waals surface area contributed by atoms with Gasteiger partial charge in [0.1, 0.15) is 12.1 Å². The quantitative estimate of drug-likeness (QED) is 0.632. The lowest BCUT2D eigenvalue weighted by molar-refractivity contribution is -0.131. The first kappa shape index (κ1) is 21.2. The van der Waals surface area contributed by atoms with Gasteiger partial charge in [0.15, 0.2) is 0 Å². The van der Waals surface area contributed by atoms with E-state index in [1.54, 1.807) is 4.90 Å². The first-order chi connectivity index (χ1) is 14.9. The Bertz CT molecular complexity index is 1140. The minimum absolute atomic E-state index is 0.0210. The molecule has 2 heterocycles. The second kappa shape index (κ2) is 8.99. The molecule has 1 fully saturated rings. The fraction of sp³-hybridized carbons (Fsp3) is 0.273. The van der Waals surface area contributed by atoms with Crippen molar-refractivity contribution < 1.29 is 22.0 Å². The second-order valence-corrected chi connectivity index (χ2v) is 9.13. The summed E-state index contributed by atoms with van der Waals surface area (Å²) < 4.78 is 46.1. The minimum atomic E-state index is -3.73. The van der Waals surface area contributed by atoms with Gasteiger partial charge in [-0.3, -0.25) is 4.79 Å². The Morgan fingerprint density at radius 3 is 2.45 bits per heavy atom. The van der Waals surface area contributed by atoms with Crippen LogP contribution in [0.2, 0.25) is 0 Å². The number of sulfonamides is 1. The third-order valence-corrected chi connectivity index (χ3v) is 6.73. The molecular formula is C22H22FN3O4S. The summed E-state index contributed by atoms with van der Waals surface area (Å²) in [6.07, 6.45) is 2.62. The van der Waals surface area contributed by atoms with E-state index in [-0.39, 0.29) is 23.3 Å². The molecule has 1 N–H and O–H groups in total. The summed E-state index contributed by atoms with van der Waals surface area (Å²) >= 11 is 0. The molecule has 3 aromatic rings. The predicted molar refractivity (Wildman–Crippen MR) is 112 cm³/mol. The smallest absolute Gasteiger partial charge is 0.240 e. The standard InChI is InChI=1S/C22H22FN3O4S/c23-17-6-8-20(9-7-17)31(28,29)25-18-10-12-26(13-11-18)21(27)14-19-15-30-22(24-19)16-4-2-1-3-5-16/h1-9,15,18,25H,10-14H2. The van der Waals surface area contributed by atoms with Crippen LogP contribution in [0.5, 0.6) is 0 Å². The van der Waals surface area contributed by atoms with Crippen LogP contribution in [0.15, 0.2) is 70.2 Å². The highest BCUT2D eigenvalue weighted by molar-refractivity contribution is 7.89. The monoisotopic (exact) mass is 443 g/mol. The number of nitrogens with zero attached hydrogens (tertiary/aromatic N) is 2. The topological polar surface area (TPSA) is 92.5 Å². The average Bonchev–Trinajstić information content (AvgIpc) is 3.23. The van der Waals surface area contributed by atoms with Crippen LogP contribution >= 0.6 is 0 Å². The van der Waals surface area contributed by atoms with Crippen LogP contribution in [0.3, 0.4) is 0 Å².